The van der Waals surface area contributed by atoms with Crippen molar-refractivity contribution in [3.05, 3.63) is 84.7 Å². The van der Waals surface area contributed by atoms with Crippen LogP contribution >= 0.6 is 0 Å². The lowest BCUT2D eigenvalue weighted by Crippen LogP contribution is -2.20. The molecule has 4 N–H and O–H groups in total. The minimum Gasteiger partial charge on any atom is -0.359 e. The number of carbonyl (C=O) groups excluding carboxylic acids is 2. The Kier molecular flexibility index (Phi) is 5.43. The van der Waals surface area contributed by atoms with Crippen molar-refractivity contribution in [3.8, 4) is 0 Å². The average Bonchev–Trinajstić information content (AvgIpc) is 3.16. The van der Waals surface area contributed by atoms with Crippen molar-refractivity contribution in [1.82, 2.24) is 9.97 Å². The molecule has 0 radical (unpaired) electrons. The highest BCUT2D eigenvalue weighted by Crippen LogP contribution is 2.27. The number of amides is 3. The lowest BCUT2D eigenvalue weighted by Gasteiger charge is -2.12. The van der Waals surface area contributed by atoms with Crippen LogP contribution in [0, 0.1) is 0 Å². The van der Waals surface area contributed by atoms with Crippen molar-refractivity contribution in [2.45, 2.75) is 12.8 Å². The highest BCUT2D eigenvalue weighted by atomic mass is 16.2. The summed E-state index contributed by atoms with van der Waals surface area (Å²) in [7, 11) is 0. The van der Waals surface area contributed by atoms with E-state index in [2.05, 4.69) is 25.9 Å². The number of rotatable bonds is 5. The molecule has 4 aromatic rings. The highest BCUT2D eigenvalue weighted by Gasteiger charge is 2.16. The molecule has 2 heterocycles. The lowest BCUT2D eigenvalue weighted by atomic mass is 10.0. The number of benzene rings is 2. The molecular weight excluding hydrogens is 378 g/mol. The molecule has 1 unspecified atom stereocenters. The molecule has 4 rings (SSSR count). The first kappa shape index (κ1) is 19.2. The van der Waals surface area contributed by atoms with Crippen molar-refractivity contribution in [1.29, 1.82) is 0 Å². The molecule has 0 aliphatic rings. The topological polar surface area (TPSA) is 98.9 Å². The third-order valence-corrected chi connectivity index (χ3v) is 4.80. The number of aromatic amines is 1. The Morgan fingerprint density at radius 2 is 1.73 bits per heavy atom. The Hall–Kier alpha value is -4.13. The molecule has 150 valence electrons. The van der Waals surface area contributed by atoms with E-state index in [1.54, 1.807) is 36.7 Å². The zero-order valence-electron chi connectivity index (χ0n) is 16.3. The van der Waals surface area contributed by atoms with E-state index in [-0.39, 0.29) is 17.9 Å². The molecule has 2 aromatic heterocycles. The molecule has 0 aliphatic heterocycles. The second-order valence-corrected chi connectivity index (χ2v) is 6.88. The van der Waals surface area contributed by atoms with Gasteiger partial charge in [-0.15, -0.1) is 0 Å². The van der Waals surface area contributed by atoms with Crippen LogP contribution in [0.3, 0.4) is 0 Å². The average molecular weight is 399 g/mol. The van der Waals surface area contributed by atoms with Gasteiger partial charge in [-0.2, -0.15) is 0 Å². The van der Waals surface area contributed by atoms with Crippen LogP contribution in [0.15, 0.2) is 79.1 Å². The van der Waals surface area contributed by atoms with E-state index in [0.29, 0.717) is 17.2 Å². The van der Waals surface area contributed by atoms with E-state index in [1.807, 2.05) is 49.4 Å². The molecule has 7 heteroatoms. The Bertz CT molecular complexity index is 1170. The summed E-state index contributed by atoms with van der Waals surface area (Å²) >= 11 is 0. The number of carbonyl (C=O) groups is 2. The molecule has 0 aliphatic carbocycles. The van der Waals surface area contributed by atoms with E-state index >= 15 is 0 Å². The molecular formula is C23H21N5O2. The first-order valence-electron chi connectivity index (χ1n) is 9.56. The number of pyridine rings is 1. The maximum absolute atomic E-state index is 12.6. The van der Waals surface area contributed by atoms with Crippen LogP contribution in [0.25, 0.3) is 10.9 Å². The van der Waals surface area contributed by atoms with Gasteiger partial charge < -0.3 is 15.6 Å². The zero-order chi connectivity index (χ0) is 20.9. The fraction of sp³-hybridized carbons (Fsp3) is 0.0870. The van der Waals surface area contributed by atoms with Crippen molar-refractivity contribution >= 4 is 40.0 Å². The fourth-order valence-electron chi connectivity index (χ4n) is 3.16. The summed E-state index contributed by atoms with van der Waals surface area (Å²) in [4.78, 5) is 32.0. The van der Waals surface area contributed by atoms with E-state index in [4.69, 9.17) is 0 Å². The predicted molar refractivity (Wildman–Crippen MR) is 119 cm³/mol. The van der Waals surface area contributed by atoms with Crippen LogP contribution in [-0.2, 0) is 4.79 Å². The number of anilines is 3. The summed E-state index contributed by atoms with van der Waals surface area (Å²) in [5.41, 5.74) is 3.07. The smallest absolute Gasteiger partial charge is 0.324 e. The van der Waals surface area contributed by atoms with Gasteiger partial charge in [0.1, 0.15) is 5.82 Å². The maximum Gasteiger partial charge on any atom is 0.324 e. The number of urea groups is 1. The molecule has 3 amide bonds. The first-order valence-corrected chi connectivity index (χ1v) is 9.56. The summed E-state index contributed by atoms with van der Waals surface area (Å²) in [5.74, 6) is 0.111. The standard InChI is InChI=1S/C23H21N5O2/c1-15(16-7-3-2-4-8-16)22(29)27-20-14-25-19-13-17(10-11-18(19)20)26-23(30)28-21-9-5-6-12-24-21/h2-15,25H,1H3,(H,27,29)(H2,24,26,28,30). The Balaban J connectivity index is 1.44. The fourth-order valence-corrected chi connectivity index (χ4v) is 3.16. The Morgan fingerprint density at radius 1 is 0.933 bits per heavy atom. The normalized spacial score (nSPS) is 11.6. The summed E-state index contributed by atoms with van der Waals surface area (Å²) in [6.45, 7) is 1.88. The van der Waals surface area contributed by atoms with Gasteiger partial charge in [-0.3, -0.25) is 10.1 Å². The number of aromatic nitrogens is 2. The molecule has 1 atom stereocenters. The van der Waals surface area contributed by atoms with Crippen LogP contribution in [0.1, 0.15) is 18.4 Å². The van der Waals surface area contributed by atoms with E-state index < -0.39 is 0 Å². The monoisotopic (exact) mass is 399 g/mol. The summed E-state index contributed by atoms with van der Waals surface area (Å²) in [5, 5.41) is 9.28. The number of nitrogens with one attached hydrogen (secondary N) is 4. The Labute approximate surface area is 173 Å². The van der Waals surface area contributed by atoms with Gasteiger partial charge in [-0.25, -0.2) is 9.78 Å². The molecule has 0 bridgehead atoms. The van der Waals surface area contributed by atoms with Crippen molar-refractivity contribution < 1.29 is 9.59 Å². The highest BCUT2D eigenvalue weighted by molar-refractivity contribution is 6.05. The van der Waals surface area contributed by atoms with Gasteiger partial charge in [0.15, 0.2) is 0 Å². The van der Waals surface area contributed by atoms with Crippen molar-refractivity contribution in [2.75, 3.05) is 16.0 Å². The predicted octanol–water partition coefficient (Wildman–Crippen LogP) is 4.95. The van der Waals surface area contributed by atoms with Gasteiger partial charge in [0.2, 0.25) is 5.91 Å². The quantitative estimate of drug-likeness (QED) is 0.382. The zero-order valence-corrected chi connectivity index (χ0v) is 16.3. The van der Waals surface area contributed by atoms with Crippen LogP contribution in [0.4, 0.5) is 22.0 Å². The first-order chi connectivity index (χ1) is 14.6. The van der Waals surface area contributed by atoms with E-state index in [1.165, 1.54) is 0 Å². The third kappa shape index (κ3) is 4.30. The van der Waals surface area contributed by atoms with E-state index in [0.717, 1.165) is 16.5 Å². The molecule has 0 fully saturated rings. The van der Waals surface area contributed by atoms with Gasteiger partial charge in [0, 0.05) is 29.0 Å². The number of H-pyrrole nitrogens is 1. The van der Waals surface area contributed by atoms with E-state index in [9.17, 15) is 9.59 Å². The number of hydrogen-bond acceptors (Lipinski definition) is 3. The molecule has 2 aromatic carbocycles. The van der Waals surface area contributed by atoms with Crippen LogP contribution in [0.5, 0.6) is 0 Å². The largest absolute Gasteiger partial charge is 0.359 e. The van der Waals surface area contributed by atoms with Gasteiger partial charge in [-0.05, 0) is 42.8 Å². The van der Waals surface area contributed by atoms with Crippen molar-refractivity contribution in [2.24, 2.45) is 0 Å². The minimum absolute atomic E-state index is 0.0842. The molecule has 30 heavy (non-hydrogen) atoms. The second kappa shape index (κ2) is 8.48. The van der Waals surface area contributed by atoms with Crippen LogP contribution in [0.2, 0.25) is 0 Å². The van der Waals surface area contributed by atoms with Gasteiger partial charge in [0.05, 0.1) is 11.6 Å². The summed E-state index contributed by atoms with van der Waals surface area (Å²) in [6.07, 6.45) is 3.35. The third-order valence-electron chi connectivity index (χ3n) is 4.80. The number of hydrogen-bond donors (Lipinski definition) is 4. The van der Waals surface area contributed by atoms with Crippen LogP contribution < -0.4 is 16.0 Å². The van der Waals surface area contributed by atoms with Crippen molar-refractivity contribution in [3.63, 3.8) is 0 Å². The number of nitrogens with zero attached hydrogens (tertiary/aromatic N) is 1. The summed E-state index contributed by atoms with van der Waals surface area (Å²) in [6, 6.07) is 20.0. The van der Waals surface area contributed by atoms with Gasteiger partial charge in [-0.1, -0.05) is 36.4 Å². The second-order valence-electron chi connectivity index (χ2n) is 6.88. The molecule has 0 spiro atoms. The molecule has 0 saturated carbocycles. The Morgan fingerprint density at radius 3 is 2.50 bits per heavy atom. The molecule has 7 nitrogen and oxygen atoms in total. The minimum atomic E-state index is -0.384. The van der Waals surface area contributed by atoms with Crippen LogP contribution in [-0.4, -0.2) is 21.9 Å². The lowest BCUT2D eigenvalue weighted by molar-refractivity contribution is -0.117. The SMILES string of the molecule is CC(C(=O)Nc1c[nH]c2cc(NC(=O)Nc3ccccn3)ccc12)c1ccccc1. The van der Waals surface area contributed by atoms with Gasteiger partial charge in [0.25, 0.3) is 0 Å². The van der Waals surface area contributed by atoms with Gasteiger partial charge >= 0.3 is 6.03 Å². The molecule has 0 saturated heterocycles. The summed E-state index contributed by atoms with van der Waals surface area (Å²) < 4.78 is 0. The number of fused-ring (bicyclic) bond motifs is 1. The maximum atomic E-state index is 12.6.